The summed E-state index contributed by atoms with van der Waals surface area (Å²) in [5.74, 6) is 0.844. The molecule has 1 aliphatic rings. The lowest BCUT2D eigenvalue weighted by Gasteiger charge is -2.34. The molecule has 1 aromatic heterocycles. The Hall–Kier alpha value is -4.11. The van der Waals surface area contributed by atoms with Crippen molar-refractivity contribution in [2.24, 2.45) is 0 Å². The van der Waals surface area contributed by atoms with Crippen molar-refractivity contribution in [3.8, 4) is 11.4 Å². The SMILES string of the molecule is Cc1nccn1-c1ccc(CNC(=O)[C@@H]2CN(S(=O)(=O)c3ccccc3)c3ccccc3O2)cc1. The zero-order chi connectivity index (χ0) is 24.4. The van der Waals surface area contributed by atoms with Gasteiger partial charge in [-0.25, -0.2) is 13.4 Å². The van der Waals surface area contributed by atoms with E-state index >= 15 is 0 Å². The quantitative estimate of drug-likeness (QED) is 0.449. The maximum Gasteiger partial charge on any atom is 0.264 e. The fourth-order valence-electron chi connectivity index (χ4n) is 4.01. The van der Waals surface area contributed by atoms with Crippen LogP contribution in [0.15, 0.2) is 96.2 Å². The first-order chi connectivity index (χ1) is 16.9. The summed E-state index contributed by atoms with van der Waals surface area (Å²) in [7, 11) is -3.87. The molecule has 0 spiro atoms. The number of imidazole rings is 1. The Morgan fingerprint density at radius 1 is 1.03 bits per heavy atom. The molecule has 3 aromatic carbocycles. The zero-order valence-corrected chi connectivity index (χ0v) is 19.9. The third kappa shape index (κ3) is 4.50. The minimum absolute atomic E-state index is 0.126. The maximum absolute atomic E-state index is 13.4. The predicted octanol–water partition coefficient (Wildman–Crippen LogP) is 3.45. The molecule has 1 atom stereocenters. The van der Waals surface area contributed by atoms with E-state index in [4.69, 9.17) is 4.74 Å². The summed E-state index contributed by atoms with van der Waals surface area (Å²) in [6, 6.07) is 22.8. The summed E-state index contributed by atoms with van der Waals surface area (Å²) < 4.78 is 35.9. The second-order valence-corrected chi connectivity index (χ2v) is 10.0. The van der Waals surface area contributed by atoms with Crippen LogP contribution in [0.1, 0.15) is 11.4 Å². The van der Waals surface area contributed by atoms with Crippen molar-refractivity contribution in [3.63, 3.8) is 0 Å². The van der Waals surface area contributed by atoms with Crippen LogP contribution in [0.5, 0.6) is 5.75 Å². The van der Waals surface area contributed by atoms with Crippen molar-refractivity contribution in [1.82, 2.24) is 14.9 Å². The van der Waals surface area contributed by atoms with E-state index in [0.717, 1.165) is 17.1 Å². The van der Waals surface area contributed by atoms with E-state index < -0.39 is 16.1 Å². The summed E-state index contributed by atoms with van der Waals surface area (Å²) in [6.07, 6.45) is 2.64. The van der Waals surface area contributed by atoms with E-state index in [9.17, 15) is 13.2 Å². The molecule has 0 saturated heterocycles. The molecule has 4 aromatic rings. The number of anilines is 1. The lowest BCUT2D eigenvalue weighted by atomic mass is 10.2. The highest BCUT2D eigenvalue weighted by molar-refractivity contribution is 7.92. The number of hydrogen-bond donors (Lipinski definition) is 1. The minimum Gasteiger partial charge on any atom is -0.476 e. The van der Waals surface area contributed by atoms with Gasteiger partial charge in [0.2, 0.25) is 0 Å². The molecule has 1 aliphatic heterocycles. The highest BCUT2D eigenvalue weighted by atomic mass is 32.2. The van der Waals surface area contributed by atoms with Crippen molar-refractivity contribution in [2.45, 2.75) is 24.5 Å². The molecule has 0 fully saturated rings. The van der Waals surface area contributed by atoms with Gasteiger partial charge in [-0.1, -0.05) is 42.5 Å². The van der Waals surface area contributed by atoms with Gasteiger partial charge < -0.3 is 14.6 Å². The van der Waals surface area contributed by atoms with Crippen LogP contribution in [0.2, 0.25) is 0 Å². The van der Waals surface area contributed by atoms with E-state index in [2.05, 4.69) is 10.3 Å². The highest BCUT2D eigenvalue weighted by Crippen LogP contribution is 2.36. The first-order valence-electron chi connectivity index (χ1n) is 11.1. The van der Waals surface area contributed by atoms with Crippen LogP contribution in [0.25, 0.3) is 5.69 Å². The van der Waals surface area contributed by atoms with Crippen LogP contribution in [-0.4, -0.2) is 36.5 Å². The van der Waals surface area contributed by atoms with E-state index in [-0.39, 0.29) is 23.9 Å². The van der Waals surface area contributed by atoms with Crippen LogP contribution in [0.4, 0.5) is 5.69 Å². The van der Waals surface area contributed by atoms with Crippen LogP contribution in [-0.2, 0) is 21.4 Å². The smallest absolute Gasteiger partial charge is 0.264 e. The summed E-state index contributed by atoms with van der Waals surface area (Å²) in [6.45, 7) is 2.09. The fourth-order valence-corrected chi connectivity index (χ4v) is 5.51. The van der Waals surface area contributed by atoms with Crippen LogP contribution >= 0.6 is 0 Å². The predicted molar refractivity (Wildman–Crippen MR) is 132 cm³/mol. The largest absolute Gasteiger partial charge is 0.476 e. The molecule has 1 N–H and O–H groups in total. The van der Waals surface area contributed by atoms with Gasteiger partial charge in [-0.05, 0) is 48.9 Å². The number of para-hydroxylation sites is 2. The number of nitrogens with one attached hydrogen (secondary N) is 1. The number of aryl methyl sites for hydroxylation is 1. The number of carbonyl (C=O) groups excluding carboxylic acids is 1. The van der Waals surface area contributed by atoms with Crippen LogP contribution < -0.4 is 14.4 Å². The Morgan fingerprint density at radius 2 is 1.74 bits per heavy atom. The number of rotatable bonds is 6. The highest BCUT2D eigenvalue weighted by Gasteiger charge is 2.37. The number of hydrogen-bond acceptors (Lipinski definition) is 5. The molecule has 2 heterocycles. The molecular weight excluding hydrogens is 464 g/mol. The molecule has 8 nitrogen and oxygen atoms in total. The number of amides is 1. The van der Waals surface area contributed by atoms with Crippen molar-refractivity contribution in [3.05, 3.63) is 103 Å². The van der Waals surface area contributed by atoms with Crippen LogP contribution in [0, 0.1) is 6.92 Å². The first kappa shape index (κ1) is 22.7. The number of ether oxygens (including phenoxy) is 1. The molecule has 9 heteroatoms. The molecule has 5 rings (SSSR count). The molecule has 0 saturated carbocycles. The van der Waals surface area contributed by atoms with Gasteiger partial charge in [-0.3, -0.25) is 9.10 Å². The van der Waals surface area contributed by atoms with Gasteiger partial charge in [-0.2, -0.15) is 0 Å². The first-order valence-corrected chi connectivity index (χ1v) is 12.6. The van der Waals surface area contributed by atoms with E-state index in [1.165, 1.54) is 16.4 Å². The van der Waals surface area contributed by atoms with Gasteiger partial charge in [0.05, 0.1) is 17.1 Å². The van der Waals surface area contributed by atoms with E-state index in [0.29, 0.717) is 11.4 Å². The number of aromatic nitrogens is 2. The van der Waals surface area contributed by atoms with Gasteiger partial charge in [0.25, 0.3) is 15.9 Å². The molecule has 0 aliphatic carbocycles. The zero-order valence-electron chi connectivity index (χ0n) is 19.0. The Labute approximate surface area is 203 Å². The van der Waals surface area contributed by atoms with Crippen molar-refractivity contribution < 1.29 is 17.9 Å². The molecular formula is C26H24N4O4S. The molecule has 0 bridgehead atoms. The Morgan fingerprint density at radius 3 is 2.46 bits per heavy atom. The number of sulfonamides is 1. The summed E-state index contributed by atoms with van der Waals surface area (Å²) in [5.41, 5.74) is 2.29. The fraction of sp³-hybridized carbons (Fsp3) is 0.154. The summed E-state index contributed by atoms with van der Waals surface area (Å²) in [4.78, 5) is 17.4. The summed E-state index contributed by atoms with van der Waals surface area (Å²) >= 11 is 0. The van der Waals surface area contributed by atoms with Crippen molar-refractivity contribution >= 4 is 21.6 Å². The van der Waals surface area contributed by atoms with Gasteiger partial charge in [-0.15, -0.1) is 0 Å². The third-order valence-corrected chi connectivity index (χ3v) is 7.66. The Kier molecular flexibility index (Phi) is 6.00. The molecule has 178 valence electrons. The topological polar surface area (TPSA) is 93.5 Å². The van der Waals surface area contributed by atoms with Gasteiger partial charge >= 0.3 is 0 Å². The minimum atomic E-state index is -3.87. The van der Waals surface area contributed by atoms with Gasteiger partial charge in [0.1, 0.15) is 11.6 Å². The monoisotopic (exact) mass is 488 g/mol. The third-order valence-electron chi connectivity index (χ3n) is 5.87. The lowest BCUT2D eigenvalue weighted by molar-refractivity contribution is -0.127. The molecule has 35 heavy (non-hydrogen) atoms. The average Bonchev–Trinajstić information content (AvgIpc) is 3.33. The molecule has 0 unspecified atom stereocenters. The number of nitrogens with zero attached hydrogens (tertiary/aromatic N) is 3. The van der Waals surface area contributed by atoms with E-state index in [1.807, 2.05) is 42.0 Å². The normalized spacial score (nSPS) is 15.2. The summed E-state index contributed by atoms with van der Waals surface area (Å²) in [5, 5.41) is 2.87. The number of carbonyl (C=O) groups is 1. The van der Waals surface area contributed by atoms with Crippen molar-refractivity contribution in [2.75, 3.05) is 10.8 Å². The average molecular weight is 489 g/mol. The molecule has 0 radical (unpaired) electrons. The Bertz CT molecular complexity index is 1450. The second kappa shape index (κ2) is 9.27. The van der Waals surface area contributed by atoms with Gasteiger partial charge in [0.15, 0.2) is 6.10 Å². The Balaban J connectivity index is 1.32. The van der Waals surface area contributed by atoms with Crippen molar-refractivity contribution in [1.29, 1.82) is 0 Å². The standard InChI is InChI=1S/C26H24N4O4S/c1-19-27-15-16-29(19)21-13-11-20(12-14-21)17-28-26(31)25-18-30(23-9-5-6-10-24(23)34-25)35(32,33)22-7-3-2-4-8-22/h2-16,25H,17-18H2,1H3,(H,28,31)/t25-/m0/s1. The lowest BCUT2D eigenvalue weighted by Crippen LogP contribution is -2.50. The number of benzene rings is 3. The van der Waals surface area contributed by atoms with E-state index in [1.54, 1.807) is 48.7 Å². The maximum atomic E-state index is 13.4. The second-order valence-electron chi connectivity index (χ2n) is 8.15. The molecule has 1 amide bonds. The van der Waals surface area contributed by atoms with Gasteiger partial charge in [0, 0.05) is 24.6 Å². The number of fused-ring (bicyclic) bond motifs is 1. The van der Waals surface area contributed by atoms with Crippen LogP contribution in [0.3, 0.4) is 0 Å².